The molecular weight excluding hydrogens is 440 g/mol. The number of ether oxygens (including phenoxy) is 4. The van der Waals surface area contributed by atoms with E-state index in [1.165, 1.54) is 38.5 Å². The van der Waals surface area contributed by atoms with Crippen LogP contribution in [0.15, 0.2) is 0 Å². The number of unbranched alkanes of at least 4 members (excludes halogenated alkanes) is 7. The van der Waals surface area contributed by atoms with Crippen LogP contribution in [0.2, 0.25) is 0 Å². The minimum Gasteiger partial charge on any atom is -0.394 e. The van der Waals surface area contributed by atoms with Crippen LogP contribution in [0, 0.1) is 0 Å². The molecule has 0 radical (unpaired) electrons. The summed E-state index contributed by atoms with van der Waals surface area (Å²) in [6.45, 7) is 3.86. The standard InChI is InChI=1S/C26H50O8/c1-3-5-6-7-8-9-10-11-14-19(13-4-2)32-26-24(30)23(29)25(21(18-28)33-26)34-22-16-12-15-20(17-27)31-22/h19-30H,3-18H2,1-2H3. The van der Waals surface area contributed by atoms with Crippen molar-refractivity contribution >= 4 is 0 Å². The van der Waals surface area contributed by atoms with Gasteiger partial charge in [-0.3, -0.25) is 0 Å². The highest BCUT2D eigenvalue weighted by molar-refractivity contribution is 4.91. The molecule has 2 aliphatic rings. The van der Waals surface area contributed by atoms with E-state index in [9.17, 15) is 20.4 Å². The van der Waals surface area contributed by atoms with Crippen molar-refractivity contribution in [2.75, 3.05) is 13.2 Å². The molecule has 0 aromatic carbocycles. The van der Waals surface area contributed by atoms with Crippen LogP contribution in [0.3, 0.4) is 0 Å². The third-order valence-electron chi connectivity index (χ3n) is 6.96. The van der Waals surface area contributed by atoms with E-state index in [4.69, 9.17) is 18.9 Å². The first-order chi connectivity index (χ1) is 16.5. The van der Waals surface area contributed by atoms with E-state index in [0.717, 1.165) is 44.9 Å². The maximum absolute atomic E-state index is 10.8. The van der Waals surface area contributed by atoms with Gasteiger partial charge in [-0.1, -0.05) is 71.6 Å². The van der Waals surface area contributed by atoms with Crippen LogP contribution in [0.5, 0.6) is 0 Å². The van der Waals surface area contributed by atoms with E-state index in [1.807, 2.05) is 0 Å². The van der Waals surface area contributed by atoms with E-state index in [-0.39, 0.29) is 25.4 Å². The Hall–Kier alpha value is -0.320. The molecule has 0 aromatic heterocycles. The fraction of sp³-hybridized carbons (Fsp3) is 1.00. The van der Waals surface area contributed by atoms with E-state index >= 15 is 0 Å². The highest BCUT2D eigenvalue weighted by Crippen LogP contribution is 2.30. The fourth-order valence-corrected chi connectivity index (χ4v) is 4.90. The third-order valence-corrected chi connectivity index (χ3v) is 6.96. The normalized spacial score (nSPS) is 33.2. The zero-order chi connectivity index (χ0) is 24.8. The van der Waals surface area contributed by atoms with Gasteiger partial charge in [-0.25, -0.2) is 0 Å². The van der Waals surface area contributed by atoms with Gasteiger partial charge < -0.3 is 39.4 Å². The quantitative estimate of drug-likeness (QED) is 0.229. The van der Waals surface area contributed by atoms with E-state index in [0.29, 0.717) is 6.42 Å². The van der Waals surface area contributed by atoms with Gasteiger partial charge in [0.15, 0.2) is 12.6 Å². The Morgan fingerprint density at radius 2 is 1.50 bits per heavy atom. The summed E-state index contributed by atoms with van der Waals surface area (Å²) >= 11 is 0. The first kappa shape index (κ1) is 29.9. The second-order valence-electron chi connectivity index (χ2n) is 9.92. The van der Waals surface area contributed by atoms with Crippen molar-refractivity contribution in [2.24, 2.45) is 0 Å². The van der Waals surface area contributed by atoms with Crippen LogP contribution in [-0.4, -0.2) is 82.8 Å². The molecule has 2 heterocycles. The number of hydrogen-bond donors (Lipinski definition) is 4. The molecule has 0 spiro atoms. The zero-order valence-corrected chi connectivity index (χ0v) is 21.4. The largest absolute Gasteiger partial charge is 0.394 e. The summed E-state index contributed by atoms with van der Waals surface area (Å²) in [7, 11) is 0. The van der Waals surface area contributed by atoms with E-state index in [1.54, 1.807) is 0 Å². The molecule has 34 heavy (non-hydrogen) atoms. The highest BCUT2D eigenvalue weighted by Gasteiger charge is 2.47. The van der Waals surface area contributed by atoms with Crippen molar-refractivity contribution in [1.29, 1.82) is 0 Å². The fourth-order valence-electron chi connectivity index (χ4n) is 4.90. The summed E-state index contributed by atoms with van der Waals surface area (Å²) in [6, 6.07) is 0. The lowest BCUT2D eigenvalue weighted by atomic mass is 9.98. The Labute approximate surface area is 205 Å². The molecular formula is C26H50O8. The summed E-state index contributed by atoms with van der Waals surface area (Å²) < 4.78 is 23.6. The topological polar surface area (TPSA) is 118 Å². The van der Waals surface area contributed by atoms with Crippen molar-refractivity contribution in [1.82, 2.24) is 0 Å². The van der Waals surface area contributed by atoms with Crippen LogP contribution >= 0.6 is 0 Å². The Morgan fingerprint density at radius 1 is 0.794 bits per heavy atom. The van der Waals surface area contributed by atoms with Crippen LogP contribution in [0.1, 0.15) is 104 Å². The van der Waals surface area contributed by atoms with Crippen LogP contribution in [0.25, 0.3) is 0 Å². The molecule has 2 fully saturated rings. The van der Waals surface area contributed by atoms with Gasteiger partial charge >= 0.3 is 0 Å². The highest BCUT2D eigenvalue weighted by atomic mass is 16.7. The summed E-state index contributed by atoms with van der Waals surface area (Å²) in [5, 5.41) is 40.8. The molecule has 2 aliphatic heterocycles. The predicted octanol–water partition coefficient (Wildman–Crippen LogP) is 3.41. The maximum Gasteiger partial charge on any atom is 0.186 e. The Morgan fingerprint density at radius 3 is 2.15 bits per heavy atom. The molecule has 8 unspecified atom stereocenters. The van der Waals surface area contributed by atoms with Crippen LogP contribution in [-0.2, 0) is 18.9 Å². The lowest BCUT2D eigenvalue weighted by molar-refractivity contribution is -0.340. The van der Waals surface area contributed by atoms with Gasteiger partial charge in [0.1, 0.15) is 24.4 Å². The zero-order valence-electron chi connectivity index (χ0n) is 21.4. The Balaban J connectivity index is 1.82. The summed E-state index contributed by atoms with van der Waals surface area (Å²) in [5.74, 6) is 0. The monoisotopic (exact) mass is 490 g/mol. The lowest BCUT2D eigenvalue weighted by Gasteiger charge is -2.44. The minimum atomic E-state index is -1.29. The third kappa shape index (κ3) is 9.97. The lowest BCUT2D eigenvalue weighted by Crippen LogP contribution is -2.61. The predicted molar refractivity (Wildman–Crippen MR) is 129 cm³/mol. The van der Waals surface area contributed by atoms with Crippen molar-refractivity contribution in [3.8, 4) is 0 Å². The van der Waals surface area contributed by atoms with Crippen LogP contribution < -0.4 is 0 Å². The molecule has 2 saturated heterocycles. The minimum absolute atomic E-state index is 0.0688. The Kier molecular flexibility index (Phi) is 15.1. The molecule has 0 aliphatic carbocycles. The molecule has 8 atom stereocenters. The summed E-state index contributed by atoms with van der Waals surface area (Å²) in [5.41, 5.74) is 0. The first-order valence-corrected chi connectivity index (χ1v) is 13.7. The molecule has 0 saturated carbocycles. The second-order valence-corrected chi connectivity index (χ2v) is 9.92. The number of aliphatic hydroxyl groups excluding tert-OH is 4. The van der Waals surface area contributed by atoms with E-state index in [2.05, 4.69) is 13.8 Å². The Bertz CT molecular complexity index is 505. The number of rotatable bonds is 17. The molecule has 2 rings (SSSR count). The molecule has 4 N–H and O–H groups in total. The van der Waals surface area contributed by atoms with Crippen molar-refractivity contribution < 1.29 is 39.4 Å². The smallest absolute Gasteiger partial charge is 0.186 e. The van der Waals surface area contributed by atoms with Gasteiger partial charge in [-0.15, -0.1) is 0 Å². The first-order valence-electron chi connectivity index (χ1n) is 13.7. The van der Waals surface area contributed by atoms with Gasteiger partial charge in [0.25, 0.3) is 0 Å². The molecule has 0 aromatic rings. The van der Waals surface area contributed by atoms with Crippen molar-refractivity contribution in [2.45, 2.75) is 153 Å². The molecule has 0 bridgehead atoms. The van der Waals surface area contributed by atoms with Gasteiger partial charge in [-0.2, -0.15) is 0 Å². The molecule has 0 amide bonds. The van der Waals surface area contributed by atoms with Gasteiger partial charge in [0, 0.05) is 0 Å². The number of aliphatic hydroxyl groups is 4. The number of hydrogen-bond acceptors (Lipinski definition) is 8. The maximum atomic E-state index is 10.8. The van der Waals surface area contributed by atoms with Crippen LogP contribution in [0.4, 0.5) is 0 Å². The molecule has 202 valence electrons. The summed E-state index contributed by atoms with van der Waals surface area (Å²) in [6.07, 6.45) is 8.46. The molecule has 8 nitrogen and oxygen atoms in total. The average molecular weight is 491 g/mol. The van der Waals surface area contributed by atoms with E-state index < -0.39 is 37.0 Å². The average Bonchev–Trinajstić information content (AvgIpc) is 2.85. The summed E-state index contributed by atoms with van der Waals surface area (Å²) in [4.78, 5) is 0. The van der Waals surface area contributed by atoms with Gasteiger partial charge in [0.05, 0.1) is 25.4 Å². The van der Waals surface area contributed by atoms with Crippen molar-refractivity contribution in [3.05, 3.63) is 0 Å². The van der Waals surface area contributed by atoms with Gasteiger partial charge in [-0.05, 0) is 32.1 Å². The second kappa shape index (κ2) is 17.2. The van der Waals surface area contributed by atoms with Crippen molar-refractivity contribution in [3.63, 3.8) is 0 Å². The SMILES string of the molecule is CCCCCCCCCCC(CCC)OC1OC(CO)C(OC2CCCC(CO)O2)C(O)C1O. The molecule has 8 heteroatoms. The van der Waals surface area contributed by atoms with Gasteiger partial charge in [0.2, 0.25) is 0 Å².